The topological polar surface area (TPSA) is 80.7 Å². The standard InChI is InChI=1S/C19H24O5/c1-11(2)7-6-8-12(3)9-10-14-16(21)15(13(4)20)17(22)18(23)19(14)24-5/h7,9,21H,6,8,10H2,1-5H3. The zero-order chi connectivity index (χ0) is 18.4. The van der Waals surface area contributed by atoms with Crippen molar-refractivity contribution in [2.45, 2.75) is 47.0 Å². The third kappa shape index (κ3) is 4.54. The number of hydrogen-bond acceptors (Lipinski definition) is 5. The first-order valence-corrected chi connectivity index (χ1v) is 7.80. The van der Waals surface area contributed by atoms with Crippen molar-refractivity contribution in [3.8, 4) is 0 Å². The highest BCUT2D eigenvalue weighted by Crippen LogP contribution is 2.29. The lowest BCUT2D eigenvalue weighted by molar-refractivity contribution is -0.135. The average molecular weight is 332 g/mol. The molecule has 0 saturated carbocycles. The van der Waals surface area contributed by atoms with Crippen LogP contribution in [0.4, 0.5) is 0 Å². The molecule has 1 rings (SSSR count). The van der Waals surface area contributed by atoms with Gasteiger partial charge in [-0.05, 0) is 47.0 Å². The molecule has 130 valence electrons. The van der Waals surface area contributed by atoms with Crippen molar-refractivity contribution in [3.63, 3.8) is 0 Å². The number of carbonyl (C=O) groups is 3. The highest BCUT2D eigenvalue weighted by atomic mass is 16.5. The van der Waals surface area contributed by atoms with E-state index in [1.165, 1.54) is 12.7 Å². The summed E-state index contributed by atoms with van der Waals surface area (Å²) in [5, 5.41) is 10.3. The van der Waals surface area contributed by atoms with E-state index in [2.05, 4.69) is 6.08 Å². The summed E-state index contributed by atoms with van der Waals surface area (Å²) in [5.74, 6) is -3.22. The van der Waals surface area contributed by atoms with Crippen molar-refractivity contribution in [2.75, 3.05) is 7.11 Å². The van der Waals surface area contributed by atoms with Gasteiger partial charge in [0.2, 0.25) is 5.78 Å². The van der Waals surface area contributed by atoms with E-state index in [-0.39, 0.29) is 17.8 Å². The molecule has 0 bridgehead atoms. The lowest BCUT2D eigenvalue weighted by Gasteiger charge is -2.18. The summed E-state index contributed by atoms with van der Waals surface area (Å²) < 4.78 is 4.99. The quantitative estimate of drug-likeness (QED) is 0.334. The molecule has 0 aliphatic heterocycles. The van der Waals surface area contributed by atoms with Gasteiger partial charge in [-0.25, -0.2) is 0 Å². The Morgan fingerprint density at radius 1 is 1.08 bits per heavy atom. The van der Waals surface area contributed by atoms with Crippen LogP contribution in [0.5, 0.6) is 0 Å². The van der Waals surface area contributed by atoms with Gasteiger partial charge in [0.25, 0.3) is 5.78 Å². The van der Waals surface area contributed by atoms with Crippen molar-refractivity contribution in [2.24, 2.45) is 0 Å². The lowest BCUT2D eigenvalue weighted by atomic mass is 9.89. The van der Waals surface area contributed by atoms with Crippen molar-refractivity contribution in [1.82, 2.24) is 0 Å². The molecule has 0 radical (unpaired) electrons. The van der Waals surface area contributed by atoms with Gasteiger partial charge in [0.1, 0.15) is 11.3 Å². The highest BCUT2D eigenvalue weighted by molar-refractivity contribution is 6.54. The molecule has 0 aromatic heterocycles. The fourth-order valence-corrected chi connectivity index (χ4v) is 2.42. The molecule has 0 heterocycles. The molecule has 1 N–H and O–H groups in total. The fraction of sp³-hybridized carbons (Fsp3) is 0.421. The van der Waals surface area contributed by atoms with Crippen LogP contribution >= 0.6 is 0 Å². The van der Waals surface area contributed by atoms with E-state index in [9.17, 15) is 19.5 Å². The molecule has 5 nitrogen and oxygen atoms in total. The van der Waals surface area contributed by atoms with E-state index in [1.807, 2.05) is 26.8 Å². The van der Waals surface area contributed by atoms with E-state index < -0.39 is 28.7 Å². The number of Topliss-reactive ketones (excluding diaryl/α,β-unsaturated/α-hetero) is 3. The first-order chi connectivity index (χ1) is 11.2. The Kier molecular flexibility index (Phi) is 6.89. The molecule has 0 aromatic carbocycles. The van der Waals surface area contributed by atoms with Crippen LogP contribution in [0.25, 0.3) is 0 Å². The summed E-state index contributed by atoms with van der Waals surface area (Å²) in [7, 11) is 1.26. The van der Waals surface area contributed by atoms with Gasteiger partial charge in [0.05, 0.1) is 7.11 Å². The third-order valence-corrected chi connectivity index (χ3v) is 3.74. The Morgan fingerprint density at radius 3 is 2.21 bits per heavy atom. The van der Waals surface area contributed by atoms with Crippen LogP contribution in [0.1, 0.15) is 47.0 Å². The van der Waals surface area contributed by atoms with Crippen molar-refractivity contribution in [3.05, 3.63) is 46.0 Å². The minimum absolute atomic E-state index is 0.175. The number of carbonyl (C=O) groups excluding carboxylic acids is 3. The van der Waals surface area contributed by atoms with E-state index >= 15 is 0 Å². The molecular formula is C19H24O5. The molecule has 0 aromatic rings. The number of allylic oxidation sites excluding steroid dienone is 7. The molecular weight excluding hydrogens is 308 g/mol. The smallest absolute Gasteiger partial charge is 0.268 e. The molecule has 0 fully saturated rings. The second-order valence-corrected chi connectivity index (χ2v) is 6.02. The van der Waals surface area contributed by atoms with Gasteiger partial charge in [-0.3, -0.25) is 14.4 Å². The summed E-state index contributed by atoms with van der Waals surface area (Å²) in [6.45, 7) is 7.16. The normalized spacial score (nSPS) is 15.8. The number of aliphatic hydroxyl groups is 1. The number of aliphatic hydroxyl groups excluding tert-OH is 1. The molecule has 5 heteroatoms. The molecule has 1 aliphatic rings. The van der Waals surface area contributed by atoms with Crippen molar-refractivity contribution in [1.29, 1.82) is 0 Å². The first kappa shape index (κ1) is 19.6. The van der Waals surface area contributed by atoms with Gasteiger partial charge in [-0.1, -0.05) is 23.3 Å². The molecule has 0 spiro atoms. The number of ketones is 3. The molecule has 0 atom stereocenters. The second-order valence-electron chi connectivity index (χ2n) is 6.02. The number of ether oxygens (including phenoxy) is 1. The number of methoxy groups -OCH3 is 1. The minimum atomic E-state index is -1.02. The van der Waals surface area contributed by atoms with Gasteiger partial charge in [-0.15, -0.1) is 0 Å². The average Bonchev–Trinajstić information content (AvgIpc) is 2.48. The van der Waals surface area contributed by atoms with Crippen molar-refractivity contribution >= 4 is 17.3 Å². The van der Waals surface area contributed by atoms with Crippen molar-refractivity contribution < 1.29 is 24.2 Å². The summed E-state index contributed by atoms with van der Waals surface area (Å²) in [6.07, 6.45) is 5.96. The van der Waals surface area contributed by atoms with Gasteiger partial charge < -0.3 is 9.84 Å². The van der Waals surface area contributed by atoms with E-state index in [0.29, 0.717) is 0 Å². The van der Waals surface area contributed by atoms with Crippen LogP contribution in [0, 0.1) is 0 Å². The number of hydrogen-bond donors (Lipinski definition) is 1. The largest absolute Gasteiger partial charge is 0.507 e. The zero-order valence-corrected chi connectivity index (χ0v) is 14.9. The maximum absolute atomic E-state index is 12.1. The van der Waals surface area contributed by atoms with Crippen LogP contribution in [0.15, 0.2) is 46.0 Å². The highest BCUT2D eigenvalue weighted by Gasteiger charge is 2.37. The Labute approximate surface area is 142 Å². The monoisotopic (exact) mass is 332 g/mol. The third-order valence-electron chi connectivity index (χ3n) is 3.74. The maximum atomic E-state index is 12.1. The van der Waals surface area contributed by atoms with Crippen LogP contribution in [0.3, 0.4) is 0 Å². The van der Waals surface area contributed by atoms with E-state index in [4.69, 9.17) is 4.74 Å². The molecule has 0 unspecified atom stereocenters. The van der Waals surface area contributed by atoms with Crippen LogP contribution < -0.4 is 0 Å². The second kappa shape index (κ2) is 8.43. The SMILES string of the molecule is COC1=C(CC=C(C)CCC=C(C)C)C(O)=C(C(C)=O)C(=O)C1=O. The Balaban J connectivity index is 3.11. The van der Waals surface area contributed by atoms with Crippen LogP contribution in [-0.2, 0) is 19.1 Å². The number of rotatable bonds is 7. The van der Waals surface area contributed by atoms with Gasteiger partial charge in [-0.2, -0.15) is 0 Å². The Hall–Kier alpha value is -2.43. The molecule has 1 aliphatic carbocycles. The molecule has 0 saturated heterocycles. The minimum Gasteiger partial charge on any atom is -0.507 e. The van der Waals surface area contributed by atoms with Crippen LogP contribution in [-0.4, -0.2) is 29.6 Å². The van der Waals surface area contributed by atoms with Gasteiger partial charge >= 0.3 is 0 Å². The fourth-order valence-electron chi connectivity index (χ4n) is 2.42. The zero-order valence-electron chi connectivity index (χ0n) is 14.9. The lowest BCUT2D eigenvalue weighted by Crippen LogP contribution is -2.30. The predicted molar refractivity (Wildman–Crippen MR) is 91.4 cm³/mol. The summed E-state index contributed by atoms with van der Waals surface area (Å²) >= 11 is 0. The summed E-state index contributed by atoms with van der Waals surface area (Å²) in [4.78, 5) is 35.5. The maximum Gasteiger partial charge on any atom is 0.268 e. The van der Waals surface area contributed by atoms with E-state index in [0.717, 1.165) is 25.3 Å². The predicted octanol–water partition coefficient (Wildman–Crippen LogP) is 3.52. The van der Waals surface area contributed by atoms with Gasteiger partial charge in [0, 0.05) is 5.57 Å². The summed E-state index contributed by atoms with van der Waals surface area (Å²) in [5.41, 5.74) is 2.03. The van der Waals surface area contributed by atoms with Gasteiger partial charge in [0.15, 0.2) is 11.5 Å². The van der Waals surface area contributed by atoms with Crippen LogP contribution in [0.2, 0.25) is 0 Å². The summed E-state index contributed by atoms with van der Waals surface area (Å²) in [6, 6.07) is 0. The Morgan fingerprint density at radius 2 is 1.71 bits per heavy atom. The molecule has 0 amide bonds. The molecule has 24 heavy (non-hydrogen) atoms. The Bertz CT molecular complexity index is 683. The van der Waals surface area contributed by atoms with E-state index in [1.54, 1.807) is 0 Å². The first-order valence-electron chi connectivity index (χ1n) is 7.80.